The van der Waals surface area contributed by atoms with Gasteiger partial charge < -0.3 is 10.3 Å². The molecular weight excluding hydrogens is 200 g/mol. The third kappa shape index (κ3) is 2.52. The minimum absolute atomic E-state index is 0.158. The largest absolute Gasteiger partial charge is 0.352 e. The summed E-state index contributed by atoms with van der Waals surface area (Å²) in [5, 5.41) is 4.17. The molecule has 2 aromatic rings. The van der Waals surface area contributed by atoms with Crippen molar-refractivity contribution in [2.24, 2.45) is 5.73 Å². The Balaban J connectivity index is 1.93. The van der Waals surface area contributed by atoms with Gasteiger partial charge in [-0.2, -0.15) is 5.10 Å². The van der Waals surface area contributed by atoms with E-state index in [1.807, 2.05) is 16.9 Å². The molecule has 0 bridgehead atoms. The Labute approximate surface area is 95.7 Å². The zero-order chi connectivity index (χ0) is 11.4. The normalized spacial score (nSPS) is 12.9. The van der Waals surface area contributed by atoms with E-state index in [9.17, 15) is 0 Å². The maximum atomic E-state index is 5.97. The molecule has 0 amide bonds. The molecule has 16 heavy (non-hydrogen) atoms. The summed E-state index contributed by atoms with van der Waals surface area (Å²) in [5.41, 5.74) is 7.18. The number of aromatic nitrogens is 3. The SMILES string of the molecule is CCC(N)c1ccn(CCn2cccn2)c1. The molecule has 2 heterocycles. The lowest BCUT2D eigenvalue weighted by Gasteiger charge is -2.06. The Hall–Kier alpha value is -1.55. The van der Waals surface area contributed by atoms with Crippen LogP contribution >= 0.6 is 0 Å². The molecule has 0 radical (unpaired) electrons. The van der Waals surface area contributed by atoms with Crippen molar-refractivity contribution in [3.63, 3.8) is 0 Å². The summed E-state index contributed by atoms with van der Waals surface area (Å²) in [6.07, 6.45) is 8.95. The summed E-state index contributed by atoms with van der Waals surface area (Å²) in [4.78, 5) is 0. The molecular formula is C12H18N4. The molecule has 0 aliphatic heterocycles. The van der Waals surface area contributed by atoms with Crippen LogP contribution in [0.25, 0.3) is 0 Å². The highest BCUT2D eigenvalue weighted by atomic mass is 15.3. The molecule has 2 aromatic heterocycles. The van der Waals surface area contributed by atoms with Crippen molar-refractivity contribution in [2.45, 2.75) is 32.5 Å². The lowest BCUT2D eigenvalue weighted by molar-refractivity contribution is 0.533. The molecule has 1 atom stereocenters. The van der Waals surface area contributed by atoms with Crippen molar-refractivity contribution in [1.82, 2.24) is 14.3 Å². The van der Waals surface area contributed by atoms with Crippen LogP contribution in [0.3, 0.4) is 0 Å². The van der Waals surface area contributed by atoms with Gasteiger partial charge in [0.2, 0.25) is 0 Å². The molecule has 86 valence electrons. The second-order valence-electron chi connectivity index (χ2n) is 3.97. The van der Waals surface area contributed by atoms with Gasteiger partial charge in [-0.25, -0.2) is 0 Å². The summed E-state index contributed by atoms with van der Waals surface area (Å²) >= 11 is 0. The van der Waals surface area contributed by atoms with Crippen LogP contribution in [-0.2, 0) is 13.1 Å². The van der Waals surface area contributed by atoms with Crippen molar-refractivity contribution in [3.05, 3.63) is 42.5 Å². The zero-order valence-corrected chi connectivity index (χ0v) is 9.58. The molecule has 2 rings (SSSR count). The average Bonchev–Trinajstić information content (AvgIpc) is 2.96. The van der Waals surface area contributed by atoms with Gasteiger partial charge in [-0.15, -0.1) is 0 Å². The molecule has 0 aliphatic carbocycles. The van der Waals surface area contributed by atoms with E-state index in [0.29, 0.717) is 0 Å². The Morgan fingerprint density at radius 2 is 2.25 bits per heavy atom. The molecule has 0 spiro atoms. The quantitative estimate of drug-likeness (QED) is 0.831. The van der Waals surface area contributed by atoms with E-state index >= 15 is 0 Å². The number of nitrogens with two attached hydrogens (primary N) is 1. The first-order valence-electron chi connectivity index (χ1n) is 5.68. The standard InChI is InChI=1S/C12H18N4/c1-2-12(13)11-4-7-15(10-11)8-9-16-6-3-5-14-16/h3-7,10,12H,2,8-9,13H2,1H3. The van der Waals surface area contributed by atoms with Crippen LogP contribution in [-0.4, -0.2) is 14.3 Å². The molecule has 2 N–H and O–H groups in total. The third-order valence-electron chi connectivity index (χ3n) is 2.79. The van der Waals surface area contributed by atoms with Crippen LogP contribution < -0.4 is 5.73 Å². The van der Waals surface area contributed by atoms with E-state index in [1.54, 1.807) is 6.20 Å². The summed E-state index contributed by atoms with van der Waals surface area (Å²) in [7, 11) is 0. The van der Waals surface area contributed by atoms with Gasteiger partial charge in [0.15, 0.2) is 0 Å². The van der Waals surface area contributed by atoms with Crippen LogP contribution in [0.4, 0.5) is 0 Å². The number of nitrogens with zero attached hydrogens (tertiary/aromatic N) is 3. The number of rotatable bonds is 5. The van der Waals surface area contributed by atoms with Gasteiger partial charge in [-0.1, -0.05) is 6.92 Å². The molecule has 0 fully saturated rings. The third-order valence-corrected chi connectivity index (χ3v) is 2.79. The maximum Gasteiger partial charge on any atom is 0.0588 e. The first-order chi connectivity index (χ1) is 7.79. The van der Waals surface area contributed by atoms with Crippen LogP contribution in [0.1, 0.15) is 24.9 Å². The highest BCUT2D eigenvalue weighted by Gasteiger charge is 2.04. The van der Waals surface area contributed by atoms with Crippen LogP contribution in [0.5, 0.6) is 0 Å². The second kappa shape index (κ2) is 4.99. The molecule has 4 heteroatoms. The van der Waals surface area contributed by atoms with Gasteiger partial charge in [-0.3, -0.25) is 4.68 Å². The summed E-state index contributed by atoms with van der Waals surface area (Å²) < 4.78 is 4.09. The monoisotopic (exact) mass is 218 g/mol. The van der Waals surface area contributed by atoms with Gasteiger partial charge in [0.05, 0.1) is 6.54 Å². The second-order valence-corrected chi connectivity index (χ2v) is 3.97. The minimum atomic E-state index is 0.158. The molecule has 0 saturated heterocycles. The fourth-order valence-electron chi connectivity index (χ4n) is 1.70. The topological polar surface area (TPSA) is 48.8 Å². The maximum absolute atomic E-state index is 5.97. The average molecular weight is 218 g/mol. The lowest BCUT2D eigenvalue weighted by atomic mass is 10.1. The Morgan fingerprint density at radius 1 is 1.38 bits per heavy atom. The van der Waals surface area contributed by atoms with Crippen molar-refractivity contribution in [1.29, 1.82) is 0 Å². The summed E-state index contributed by atoms with van der Waals surface area (Å²) in [6, 6.07) is 4.19. The van der Waals surface area contributed by atoms with E-state index in [0.717, 1.165) is 19.5 Å². The summed E-state index contributed by atoms with van der Waals surface area (Å²) in [5.74, 6) is 0. The van der Waals surface area contributed by atoms with E-state index in [2.05, 4.69) is 35.0 Å². The predicted octanol–water partition coefficient (Wildman–Crippen LogP) is 1.79. The number of hydrogen-bond donors (Lipinski definition) is 1. The van der Waals surface area contributed by atoms with E-state index in [-0.39, 0.29) is 6.04 Å². The van der Waals surface area contributed by atoms with Crippen LogP contribution in [0.2, 0.25) is 0 Å². The molecule has 0 saturated carbocycles. The van der Waals surface area contributed by atoms with E-state index < -0.39 is 0 Å². The van der Waals surface area contributed by atoms with Gasteiger partial charge in [0.25, 0.3) is 0 Å². The Kier molecular flexibility index (Phi) is 3.41. The Morgan fingerprint density at radius 3 is 2.94 bits per heavy atom. The highest BCUT2D eigenvalue weighted by Crippen LogP contribution is 2.13. The summed E-state index contributed by atoms with van der Waals surface area (Å²) in [6.45, 7) is 3.92. The first-order valence-corrected chi connectivity index (χ1v) is 5.68. The highest BCUT2D eigenvalue weighted by molar-refractivity contribution is 5.14. The molecule has 0 aliphatic rings. The minimum Gasteiger partial charge on any atom is -0.352 e. The molecule has 1 unspecified atom stereocenters. The van der Waals surface area contributed by atoms with Gasteiger partial charge in [0.1, 0.15) is 0 Å². The number of hydrogen-bond acceptors (Lipinski definition) is 2. The van der Waals surface area contributed by atoms with E-state index in [1.165, 1.54) is 5.56 Å². The Bertz CT molecular complexity index is 416. The van der Waals surface area contributed by atoms with Crippen LogP contribution in [0.15, 0.2) is 36.9 Å². The molecule has 0 aromatic carbocycles. The van der Waals surface area contributed by atoms with Crippen molar-refractivity contribution >= 4 is 0 Å². The number of aryl methyl sites for hydroxylation is 2. The smallest absolute Gasteiger partial charge is 0.0588 e. The van der Waals surface area contributed by atoms with Crippen molar-refractivity contribution in [3.8, 4) is 0 Å². The van der Waals surface area contributed by atoms with E-state index in [4.69, 9.17) is 5.73 Å². The van der Waals surface area contributed by atoms with Gasteiger partial charge in [0, 0.05) is 37.4 Å². The van der Waals surface area contributed by atoms with Crippen molar-refractivity contribution in [2.75, 3.05) is 0 Å². The first kappa shape index (κ1) is 11.0. The lowest BCUT2D eigenvalue weighted by Crippen LogP contribution is -2.08. The molecule has 4 nitrogen and oxygen atoms in total. The predicted molar refractivity (Wildman–Crippen MR) is 63.9 cm³/mol. The van der Waals surface area contributed by atoms with Gasteiger partial charge in [-0.05, 0) is 24.1 Å². The fourth-order valence-corrected chi connectivity index (χ4v) is 1.70. The van der Waals surface area contributed by atoms with Crippen molar-refractivity contribution < 1.29 is 0 Å². The fraction of sp³-hybridized carbons (Fsp3) is 0.417. The van der Waals surface area contributed by atoms with Gasteiger partial charge >= 0.3 is 0 Å². The van der Waals surface area contributed by atoms with Crippen LogP contribution in [0, 0.1) is 0 Å². The zero-order valence-electron chi connectivity index (χ0n) is 9.58.